The second-order valence-electron chi connectivity index (χ2n) is 8.11. The molecule has 0 aromatic rings. The molecule has 4 amide bonds. The number of aliphatic carboxylic acids is 1. The topological polar surface area (TPSA) is 214 Å². The number of nitrogens with two attached hydrogens (primary N) is 2. The molecule has 0 saturated carbocycles. The first-order valence-corrected chi connectivity index (χ1v) is 10.1. The van der Waals surface area contributed by atoms with Gasteiger partial charge in [-0.3, -0.25) is 19.2 Å². The number of rotatable bonds is 14. The zero-order valence-corrected chi connectivity index (χ0v) is 18.4. The fourth-order valence-electron chi connectivity index (χ4n) is 2.68. The van der Waals surface area contributed by atoms with Crippen LogP contribution >= 0.6 is 0 Å². The number of carbonyl (C=O) groups excluding carboxylic acids is 4. The number of primary amides is 1. The summed E-state index contributed by atoms with van der Waals surface area (Å²) in [6.07, 6.45) is -0.0755. The molecule has 0 radical (unpaired) electrons. The maximum atomic E-state index is 12.6. The molecule has 0 aliphatic heterocycles. The Morgan fingerprint density at radius 1 is 0.871 bits per heavy atom. The second kappa shape index (κ2) is 13.5. The van der Waals surface area contributed by atoms with E-state index in [1.165, 1.54) is 0 Å². The largest absolute Gasteiger partial charge is 0.480 e. The van der Waals surface area contributed by atoms with Gasteiger partial charge < -0.3 is 37.6 Å². The third kappa shape index (κ3) is 10.7. The molecule has 0 aromatic heterocycles. The van der Waals surface area contributed by atoms with Crippen molar-refractivity contribution >= 4 is 29.6 Å². The van der Waals surface area contributed by atoms with Crippen molar-refractivity contribution in [3.63, 3.8) is 0 Å². The van der Waals surface area contributed by atoms with Crippen LogP contribution in [0.25, 0.3) is 0 Å². The average molecular weight is 446 g/mol. The minimum absolute atomic E-state index is 0.146. The molecule has 0 fully saturated rings. The summed E-state index contributed by atoms with van der Waals surface area (Å²) in [6, 6.07) is -4.74. The molecule has 0 saturated heterocycles. The number of nitrogens with one attached hydrogen (secondary N) is 3. The zero-order chi connectivity index (χ0) is 24.3. The zero-order valence-electron chi connectivity index (χ0n) is 18.4. The van der Waals surface area contributed by atoms with Gasteiger partial charge in [-0.2, -0.15) is 0 Å². The summed E-state index contributed by atoms with van der Waals surface area (Å²) in [6.45, 7) is 6.27. The number of aliphatic hydroxyl groups is 1. The van der Waals surface area contributed by atoms with Gasteiger partial charge in [0.1, 0.15) is 18.1 Å². The van der Waals surface area contributed by atoms with Crippen molar-refractivity contribution in [3.8, 4) is 0 Å². The number of amides is 4. The van der Waals surface area contributed by atoms with E-state index >= 15 is 0 Å². The van der Waals surface area contributed by atoms with Crippen molar-refractivity contribution in [1.82, 2.24) is 16.0 Å². The van der Waals surface area contributed by atoms with E-state index in [0.717, 1.165) is 0 Å². The molecule has 178 valence electrons. The number of hydrogen-bond acceptors (Lipinski definition) is 7. The smallest absolute Gasteiger partial charge is 0.326 e. The molecule has 0 spiro atoms. The Bertz CT molecular complexity index is 654. The highest BCUT2D eigenvalue weighted by Gasteiger charge is 2.31. The van der Waals surface area contributed by atoms with Gasteiger partial charge in [-0.15, -0.1) is 0 Å². The summed E-state index contributed by atoms with van der Waals surface area (Å²) in [4.78, 5) is 59.5. The van der Waals surface area contributed by atoms with Gasteiger partial charge in [-0.1, -0.05) is 27.7 Å². The van der Waals surface area contributed by atoms with Gasteiger partial charge >= 0.3 is 5.97 Å². The summed E-state index contributed by atoms with van der Waals surface area (Å²) < 4.78 is 0. The van der Waals surface area contributed by atoms with Gasteiger partial charge in [0, 0.05) is 6.42 Å². The van der Waals surface area contributed by atoms with E-state index in [0.29, 0.717) is 6.42 Å². The Morgan fingerprint density at radius 2 is 1.42 bits per heavy atom. The first-order chi connectivity index (χ1) is 14.3. The van der Waals surface area contributed by atoms with E-state index in [2.05, 4.69) is 16.0 Å². The first kappa shape index (κ1) is 28.3. The van der Waals surface area contributed by atoms with Crippen LogP contribution in [0.4, 0.5) is 0 Å². The summed E-state index contributed by atoms with van der Waals surface area (Å²) in [5.41, 5.74) is 10.8. The lowest BCUT2D eigenvalue weighted by atomic mass is 10.0. The van der Waals surface area contributed by atoms with Crippen molar-refractivity contribution < 1.29 is 34.2 Å². The van der Waals surface area contributed by atoms with E-state index in [-0.39, 0.29) is 18.8 Å². The molecule has 0 aliphatic rings. The van der Waals surface area contributed by atoms with Gasteiger partial charge in [0.25, 0.3) is 0 Å². The molecule has 4 unspecified atom stereocenters. The molecule has 9 N–H and O–H groups in total. The second-order valence-corrected chi connectivity index (χ2v) is 8.11. The quantitative estimate of drug-likeness (QED) is 0.155. The Labute approximate surface area is 181 Å². The van der Waals surface area contributed by atoms with Gasteiger partial charge in [0.15, 0.2) is 0 Å². The van der Waals surface area contributed by atoms with Crippen LogP contribution in [-0.4, -0.2) is 70.6 Å². The predicted octanol–water partition coefficient (Wildman–Crippen LogP) is -2.19. The average Bonchev–Trinajstić information content (AvgIpc) is 2.65. The minimum Gasteiger partial charge on any atom is -0.480 e. The molecular formula is C19H35N5O7. The molecule has 4 atom stereocenters. The predicted molar refractivity (Wildman–Crippen MR) is 111 cm³/mol. The minimum atomic E-state index is -1.37. The molecule has 0 heterocycles. The summed E-state index contributed by atoms with van der Waals surface area (Å²) in [7, 11) is 0. The normalized spacial score (nSPS) is 15.0. The monoisotopic (exact) mass is 445 g/mol. The molecular weight excluding hydrogens is 410 g/mol. The van der Waals surface area contributed by atoms with Crippen molar-refractivity contribution in [1.29, 1.82) is 0 Å². The van der Waals surface area contributed by atoms with E-state index in [1.54, 1.807) is 13.8 Å². The van der Waals surface area contributed by atoms with Crippen molar-refractivity contribution in [2.24, 2.45) is 23.3 Å². The summed E-state index contributed by atoms with van der Waals surface area (Å²) in [5, 5.41) is 25.8. The van der Waals surface area contributed by atoms with E-state index in [1.807, 2.05) is 13.8 Å². The van der Waals surface area contributed by atoms with Gasteiger partial charge in [-0.05, 0) is 24.7 Å². The molecule has 0 bridgehead atoms. The maximum Gasteiger partial charge on any atom is 0.326 e. The Morgan fingerprint density at radius 3 is 1.84 bits per heavy atom. The van der Waals surface area contributed by atoms with Crippen LogP contribution in [0.5, 0.6) is 0 Å². The van der Waals surface area contributed by atoms with Crippen LogP contribution in [0.3, 0.4) is 0 Å². The number of aliphatic hydroxyl groups excluding tert-OH is 1. The van der Waals surface area contributed by atoms with Crippen molar-refractivity contribution in [3.05, 3.63) is 0 Å². The number of carboxylic acid groups (broad SMARTS) is 1. The summed E-state index contributed by atoms with van der Waals surface area (Å²) >= 11 is 0. The van der Waals surface area contributed by atoms with Crippen molar-refractivity contribution in [2.45, 2.75) is 71.1 Å². The lowest BCUT2D eigenvalue weighted by Gasteiger charge is -2.26. The fraction of sp³-hybridized carbons (Fsp3) is 0.737. The molecule has 0 aromatic carbocycles. The molecule has 12 nitrogen and oxygen atoms in total. The third-order valence-corrected chi connectivity index (χ3v) is 4.42. The van der Waals surface area contributed by atoms with Crippen LogP contribution in [-0.2, 0) is 24.0 Å². The van der Waals surface area contributed by atoms with Crippen LogP contribution < -0.4 is 27.4 Å². The lowest BCUT2D eigenvalue weighted by Crippen LogP contribution is -2.59. The summed E-state index contributed by atoms with van der Waals surface area (Å²) in [5.74, 6) is -4.62. The van der Waals surface area contributed by atoms with Crippen LogP contribution in [0, 0.1) is 11.8 Å². The Kier molecular flexibility index (Phi) is 12.4. The Hall–Kier alpha value is -2.73. The van der Waals surface area contributed by atoms with E-state index < -0.39 is 66.3 Å². The Balaban J connectivity index is 5.17. The van der Waals surface area contributed by atoms with Gasteiger partial charge in [0.2, 0.25) is 23.6 Å². The molecule has 0 rings (SSSR count). The molecule has 0 aliphatic carbocycles. The SMILES string of the molecule is CC(C)CC(N)C(=O)NC(CO)C(=O)NC(C(=O)NC(CCC(N)=O)C(=O)O)C(C)C. The van der Waals surface area contributed by atoms with Crippen molar-refractivity contribution in [2.75, 3.05) is 6.61 Å². The fourth-order valence-corrected chi connectivity index (χ4v) is 2.68. The maximum absolute atomic E-state index is 12.6. The van der Waals surface area contributed by atoms with Crippen LogP contribution in [0.2, 0.25) is 0 Å². The molecule has 12 heteroatoms. The van der Waals surface area contributed by atoms with Crippen LogP contribution in [0.15, 0.2) is 0 Å². The highest BCUT2D eigenvalue weighted by Crippen LogP contribution is 2.06. The number of carbonyl (C=O) groups is 5. The standard InChI is InChI=1S/C19H35N5O7/c1-9(2)7-11(20)16(27)23-13(8-25)17(28)24-15(10(3)4)18(29)22-12(19(30)31)5-6-14(21)26/h9-13,15,25H,5-8,20H2,1-4H3,(H2,21,26)(H,22,29)(H,23,27)(H,24,28)(H,30,31). The highest BCUT2D eigenvalue weighted by atomic mass is 16.4. The third-order valence-electron chi connectivity index (χ3n) is 4.42. The van der Waals surface area contributed by atoms with E-state index in [4.69, 9.17) is 11.5 Å². The highest BCUT2D eigenvalue weighted by molar-refractivity contribution is 5.94. The number of carboxylic acids is 1. The van der Waals surface area contributed by atoms with Crippen LogP contribution in [0.1, 0.15) is 47.0 Å². The number of hydrogen-bond donors (Lipinski definition) is 7. The lowest BCUT2D eigenvalue weighted by molar-refractivity contribution is -0.143. The first-order valence-electron chi connectivity index (χ1n) is 10.1. The van der Waals surface area contributed by atoms with Gasteiger partial charge in [0.05, 0.1) is 12.6 Å². The van der Waals surface area contributed by atoms with Gasteiger partial charge in [-0.25, -0.2) is 4.79 Å². The molecule has 31 heavy (non-hydrogen) atoms. The van der Waals surface area contributed by atoms with E-state index in [9.17, 15) is 34.2 Å².